The van der Waals surface area contributed by atoms with Crippen molar-refractivity contribution in [2.24, 2.45) is 0 Å². The Balaban J connectivity index is 2.52. The summed E-state index contributed by atoms with van der Waals surface area (Å²) in [6.45, 7) is 0. The first kappa shape index (κ1) is 10.4. The lowest BCUT2D eigenvalue weighted by molar-refractivity contribution is 0.416. The van der Waals surface area contributed by atoms with Gasteiger partial charge in [0.25, 0.3) is 0 Å². The molecule has 2 aromatic rings. The Morgan fingerprint density at radius 3 is 2.87 bits per heavy atom. The van der Waals surface area contributed by atoms with Crippen molar-refractivity contribution in [1.82, 2.24) is 9.36 Å². The maximum absolute atomic E-state index is 5.48. The fourth-order valence-corrected chi connectivity index (χ4v) is 2.15. The number of aromatic nitrogens is 2. The number of rotatable bonds is 2. The predicted octanol–water partition coefficient (Wildman–Crippen LogP) is 2.56. The summed E-state index contributed by atoms with van der Waals surface area (Å²) in [5, 5.41) is 0.761. The van der Waals surface area contributed by atoms with Gasteiger partial charge in [-0.2, -0.15) is 9.36 Å². The molecule has 78 valence electrons. The number of halogens is 1. The van der Waals surface area contributed by atoms with Crippen molar-refractivity contribution in [3.8, 4) is 16.3 Å². The van der Waals surface area contributed by atoms with Gasteiger partial charge in [-0.25, -0.2) is 0 Å². The molecule has 0 saturated carbocycles. The van der Waals surface area contributed by atoms with E-state index >= 15 is 0 Å². The van der Waals surface area contributed by atoms with Gasteiger partial charge in [0, 0.05) is 4.47 Å². The topological polar surface area (TPSA) is 61.0 Å². The monoisotopic (exact) mass is 285 g/mol. The minimum absolute atomic E-state index is 0.292. The van der Waals surface area contributed by atoms with Crippen LogP contribution in [0.25, 0.3) is 10.6 Å². The molecule has 15 heavy (non-hydrogen) atoms. The van der Waals surface area contributed by atoms with E-state index in [9.17, 15) is 0 Å². The number of ether oxygens (including phenoxy) is 1. The van der Waals surface area contributed by atoms with E-state index in [4.69, 9.17) is 10.5 Å². The molecule has 6 heteroatoms. The van der Waals surface area contributed by atoms with Gasteiger partial charge in [-0.05, 0) is 29.7 Å². The lowest BCUT2D eigenvalue weighted by atomic mass is 10.2. The number of nitrogen functional groups attached to an aromatic ring is 1. The molecule has 1 aromatic carbocycles. The summed E-state index contributed by atoms with van der Waals surface area (Å²) in [6.07, 6.45) is 0. The van der Waals surface area contributed by atoms with E-state index in [0.717, 1.165) is 20.8 Å². The van der Waals surface area contributed by atoms with Gasteiger partial charge in [-0.15, -0.1) is 0 Å². The maximum atomic E-state index is 5.48. The summed E-state index contributed by atoms with van der Waals surface area (Å²) < 4.78 is 10.1. The number of hydrogen-bond acceptors (Lipinski definition) is 5. The fourth-order valence-electron chi connectivity index (χ4n) is 1.19. The van der Waals surface area contributed by atoms with E-state index < -0.39 is 0 Å². The third kappa shape index (κ3) is 2.10. The normalized spacial score (nSPS) is 10.3. The molecule has 1 aromatic heterocycles. The number of anilines is 1. The summed E-state index contributed by atoms with van der Waals surface area (Å²) in [5.41, 5.74) is 6.37. The molecule has 0 fully saturated rings. The first-order valence-corrected chi connectivity index (χ1v) is 5.70. The Morgan fingerprint density at radius 1 is 1.47 bits per heavy atom. The summed E-state index contributed by atoms with van der Waals surface area (Å²) >= 11 is 4.63. The zero-order valence-corrected chi connectivity index (χ0v) is 10.3. The SMILES string of the molecule is COc1cc(Br)ccc1-c1nc(N)ns1. The van der Waals surface area contributed by atoms with Crippen LogP contribution in [0.15, 0.2) is 22.7 Å². The van der Waals surface area contributed by atoms with E-state index in [-0.39, 0.29) is 0 Å². The number of nitrogens with two attached hydrogens (primary N) is 1. The van der Waals surface area contributed by atoms with Gasteiger partial charge in [0.15, 0.2) is 0 Å². The number of methoxy groups -OCH3 is 1. The van der Waals surface area contributed by atoms with Crippen LogP contribution in [0.2, 0.25) is 0 Å². The Hall–Kier alpha value is -1.14. The number of hydrogen-bond donors (Lipinski definition) is 1. The Morgan fingerprint density at radius 2 is 2.27 bits per heavy atom. The van der Waals surface area contributed by atoms with Crippen LogP contribution in [0.5, 0.6) is 5.75 Å². The van der Waals surface area contributed by atoms with Crippen molar-refractivity contribution in [2.45, 2.75) is 0 Å². The molecule has 0 amide bonds. The van der Waals surface area contributed by atoms with Crippen molar-refractivity contribution in [3.05, 3.63) is 22.7 Å². The summed E-state index contributed by atoms with van der Waals surface area (Å²) in [7, 11) is 1.62. The average molecular weight is 286 g/mol. The third-order valence-electron chi connectivity index (χ3n) is 1.84. The standard InChI is InChI=1S/C9H8BrN3OS/c1-14-7-4-5(10)2-3-6(7)8-12-9(11)13-15-8/h2-4H,1H3,(H2,11,13). The van der Waals surface area contributed by atoms with Crippen LogP contribution >= 0.6 is 27.5 Å². The minimum Gasteiger partial charge on any atom is -0.496 e. The van der Waals surface area contributed by atoms with Gasteiger partial charge in [-0.3, -0.25) is 0 Å². The van der Waals surface area contributed by atoms with Crippen molar-refractivity contribution >= 4 is 33.4 Å². The predicted molar refractivity (Wildman–Crippen MR) is 64.0 cm³/mol. The van der Waals surface area contributed by atoms with Gasteiger partial charge in [0.2, 0.25) is 5.95 Å². The van der Waals surface area contributed by atoms with E-state index in [1.54, 1.807) is 7.11 Å². The van der Waals surface area contributed by atoms with E-state index in [1.165, 1.54) is 11.5 Å². The van der Waals surface area contributed by atoms with Crippen LogP contribution in [-0.4, -0.2) is 16.5 Å². The lowest BCUT2D eigenvalue weighted by Crippen LogP contribution is -1.89. The maximum Gasteiger partial charge on any atom is 0.232 e. The highest BCUT2D eigenvalue weighted by atomic mass is 79.9. The molecule has 0 bridgehead atoms. The van der Waals surface area contributed by atoms with Gasteiger partial charge < -0.3 is 10.5 Å². The molecule has 0 radical (unpaired) electrons. The molecule has 1 heterocycles. The molecule has 0 atom stereocenters. The van der Waals surface area contributed by atoms with Gasteiger partial charge in [-0.1, -0.05) is 15.9 Å². The highest BCUT2D eigenvalue weighted by molar-refractivity contribution is 9.10. The Bertz CT molecular complexity index is 486. The Kier molecular flexibility index (Phi) is 2.88. The molecule has 2 N–H and O–H groups in total. The van der Waals surface area contributed by atoms with Gasteiger partial charge >= 0.3 is 0 Å². The second kappa shape index (κ2) is 4.16. The smallest absolute Gasteiger partial charge is 0.232 e. The van der Waals surface area contributed by atoms with Crippen LogP contribution in [0.4, 0.5) is 5.95 Å². The second-order valence-corrected chi connectivity index (χ2v) is 4.47. The molecule has 0 unspecified atom stereocenters. The average Bonchev–Trinajstić information content (AvgIpc) is 2.64. The summed E-state index contributed by atoms with van der Waals surface area (Å²) in [5.74, 6) is 1.04. The van der Waals surface area contributed by atoms with Crippen LogP contribution in [0, 0.1) is 0 Å². The van der Waals surface area contributed by atoms with Crippen LogP contribution in [0.1, 0.15) is 0 Å². The molecule has 0 aliphatic rings. The highest BCUT2D eigenvalue weighted by Crippen LogP contribution is 2.33. The largest absolute Gasteiger partial charge is 0.496 e. The van der Waals surface area contributed by atoms with Gasteiger partial charge in [0.1, 0.15) is 10.8 Å². The lowest BCUT2D eigenvalue weighted by Gasteiger charge is -2.05. The summed E-state index contributed by atoms with van der Waals surface area (Å²) in [6, 6.07) is 5.73. The molecule has 4 nitrogen and oxygen atoms in total. The highest BCUT2D eigenvalue weighted by Gasteiger charge is 2.10. The van der Waals surface area contributed by atoms with Crippen molar-refractivity contribution in [1.29, 1.82) is 0 Å². The fraction of sp³-hybridized carbons (Fsp3) is 0.111. The first-order valence-electron chi connectivity index (χ1n) is 4.14. The van der Waals surface area contributed by atoms with Crippen molar-refractivity contribution in [3.63, 3.8) is 0 Å². The van der Waals surface area contributed by atoms with Crippen molar-refractivity contribution in [2.75, 3.05) is 12.8 Å². The molecular weight excluding hydrogens is 278 g/mol. The molecule has 0 spiro atoms. The minimum atomic E-state index is 0.292. The van der Waals surface area contributed by atoms with Crippen LogP contribution in [0.3, 0.4) is 0 Å². The molecule has 0 saturated heterocycles. The molecule has 0 aliphatic heterocycles. The van der Waals surface area contributed by atoms with E-state index in [1.807, 2.05) is 18.2 Å². The molecule has 2 rings (SSSR count). The first-order chi connectivity index (χ1) is 7.20. The quantitative estimate of drug-likeness (QED) is 0.921. The van der Waals surface area contributed by atoms with Crippen molar-refractivity contribution < 1.29 is 4.74 Å². The molecule has 0 aliphatic carbocycles. The van der Waals surface area contributed by atoms with E-state index in [0.29, 0.717) is 5.95 Å². The second-order valence-electron chi connectivity index (χ2n) is 2.80. The summed E-state index contributed by atoms with van der Waals surface area (Å²) in [4.78, 5) is 4.11. The number of nitrogens with zero attached hydrogens (tertiary/aromatic N) is 2. The van der Waals surface area contributed by atoms with Crippen LogP contribution < -0.4 is 10.5 Å². The Labute approximate surface area is 99.4 Å². The van der Waals surface area contributed by atoms with Gasteiger partial charge in [0.05, 0.1) is 12.7 Å². The zero-order valence-electron chi connectivity index (χ0n) is 7.90. The third-order valence-corrected chi connectivity index (χ3v) is 3.09. The van der Waals surface area contributed by atoms with E-state index in [2.05, 4.69) is 25.3 Å². The zero-order chi connectivity index (χ0) is 10.8. The van der Waals surface area contributed by atoms with Crippen LogP contribution in [-0.2, 0) is 0 Å². The molecular formula is C9H8BrN3OS. The number of benzene rings is 1.